The van der Waals surface area contributed by atoms with Crippen LogP contribution < -0.4 is 10.5 Å². The first-order valence-corrected chi connectivity index (χ1v) is 5.63. The van der Waals surface area contributed by atoms with E-state index in [-0.39, 0.29) is 5.84 Å². The number of aromatic nitrogens is 1. The van der Waals surface area contributed by atoms with Gasteiger partial charge in [-0.25, -0.2) is 0 Å². The molecular weight excluding hydrogens is 226 g/mol. The largest absolute Gasteiger partial charge is 0.489 e. The lowest BCUT2D eigenvalue weighted by Gasteiger charge is -2.10. The SMILES string of the molecule is Cc1ccc(C(=N)N)cc1OCc1cccnc1. The van der Waals surface area contributed by atoms with Crippen molar-refractivity contribution >= 4 is 5.84 Å². The maximum Gasteiger partial charge on any atom is 0.123 e. The van der Waals surface area contributed by atoms with E-state index in [9.17, 15) is 0 Å². The van der Waals surface area contributed by atoms with Crippen LogP contribution in [-0.2, 0) is 6.61 Å². The van der Waals surface area contributed by atoms with E-state index in [1.807, 2.05) is 31.2 Å². The van der Waals surface area contributed by atoms with Crippen LogP contribution in [0.3, 0.4) is 0 Å². The van der Waals surface area contributed by atoms with Crippen molar-refractivity contribution in [1.82, 2.24) is 4.98 Å². The number of hydrogen-bond donors (Lipinski definition) is 2. The molecule has 0 saturated heterocycles. The number of aryl methyl sites for hydroxylation is 1. The van der Waals surface area contributed by atoms with E-state index < -0.39 is 0 Å². The van der Waals surface area contributed by atoms with E-state index in [2.05, 4.69) is 4.98 Å². The molecule has 0 amide bonds. The van der Waals surface area contributed by atoms with Crippen LogP contribution in [0, 0.1) is 12.3 Å². The number of nitrogens with one attached hydrogen (secondary N) is 1. The Morgan fingerprint density at radius 3 is 2.89 bits per heavy atom. The van der Waals surface area contributed by atoms with Crippen molar-refractivity contribution in [3.8, 4) is 5.75 Å². The lowest BCUT2D eigenvalue weighted by Crippen LogP contribution is -2.11. The molecule has 4 heteroatoms. The highest BCUT2D eigenvalue weighted by molar-refractivity contribution is 5.95. The zero-order chi connectivity index (χ0) is 13.0. The normalized spacial score (nSPS) is 10.1. The Kier molecular flexibility index (Phi) is 3.57. The highest BCUT2D eigenvalue weighted by Crippen LogP contribution is 2.20. The van der Waals surface area contributed by atoms with Gasteiger partial charge in [-0.3, -0.25) is 10.4 Å². The van der Waals surface area contributed by atoms with Crippen molar-refractivity contribution in [1.29, 1.82) is 5.41 Å². The van der Waals surface area contributed by atoms with Crippen LogP contribution in [0.2, 0.25) is 0 Å². The fourth-order valence-electron chi connectivity index (χ4n) is 1.57. The smallest absolute Gasteiger partial charge is 0.123 e. The van der Waals surface area contributed by atoms with Gasteiger partial charge in [0.2, 0.25) is 0 Å². The Hall–Kier alpha value is -2.36. The molecule has 3 N–H and O–H groups in total. The zero-order valence-electron chi connectivity index (χ0n) is 10.2. The molecule has 2 aromatic rings. The van der Waals surface area contributed by atoms with E-state index in [4.69, 9.17) is 15.9 Å². The first-order valence-electron chi connectivity index (χ1n) is 5.63. The summed E-state index contributed by atoms with van der Waals surface area (Å²) in [4.78, 5) is 4.03. The molecule has 1 aromatic carbocycles. The predicted molar refractivity (Wildman–Crippen MR) is 70.8 cm³/mol. The molecule has 0 aliphatic rings. The van der Waals surface area contributed by atoms with Crippen molar-refractivity contribution in [2.75, 3.05) is 0 Å². The number of hydrogen-bond acceptors (Lipinski definition) is 3. The van der Waals surface area contributed by atoms with Gasteiger partial charge in [0, 0.05) is 23.5 Å². The van der Waals surface area contributed by atoms with Crippen molar-refractivity contribution in [2.45, 2.75) is 13.5 Å². The van der Waals surface area contributed by atoms with E-state index in [1.165, 1.54) is 0 Å². The molecule has 1 heterocycles. The minimum Gasteiger partial charge on any atom is -0.489 e. The van der Waals surface area contributed by atoms with E-state index in [0.29, 0.717) is 12.2 Å². The second-order valence-electron chi connectivity index (χ2n) is 4.04. The molecule has 0 fully saturated rings. The van der Waals surface area contributed by atoms with Crippen LogP contribution in [0.15, 0.2) is 42.7 Å². The van der Waals surface area contributed by atoms with Gasteiger partial charge in [-0.2, -0.15) is 0 Å². The van der Waals surface area contributed by atoms with Gasteiger partial charge < -0.3 is 10.5 Å². The first kappa shape index (κ1) is 12.1. The molecule has 0 unspecified atom stereocenters. The zero-order valence-corrected chi connectivity index (χ0v) is 10.2. The summed E-state index contributed by atoms with van der Waals surface area (Å²) in [6, 6.07) is 9.33. The maximum absolute atomic E-state index is 7.41. The lowest BCUT2D eigenvalue weighted by atomic mass is 10.1. The molecule has 1 aromatic heterocycles. The minimum atomic E-state index is 0.0428. The van der Waals surface area contributed by atoms with Gasteiger partial charge in [0.15, 0.2) is 0 Å². The summed E-state index contributed by atoms with van der Waals surface area (Å²) in [6.07, 6.45) is 3.50. The average Bonchev–Trinajstić information content (AvgIpc) is 2.38. The standard InChI is InChI=1S/C14H15N3O/c1-10-4-5-12(14(15)16)7-13(10)18-9-11-3-2-6-17-8-11/h2-8H,9H2,1H3,(H3,15,16). The summed E-state index contributed by atoms with van der Waals surface area (Å²) in [5.74, 6) is 0.785. The summed E-state index contributed by atoms with van der Waals surface area (Å²) >= 11 is 0. The lowest BCUT2D eigenvalue weighted by molar-refractivity contribution is 0.303. The number of nitrogens with two attached hydrogens (primary N) is 1. The number of ether oxygens (including phenoxy) is 1. The average molecular weight is 241 g/mol. The van der Waals surface area contributed by atoms with Crippen molar-refractivity contribution < 1.29 is 4.74 Å². The third kappa shape index (κ3) is 2.85. The number of rotatable bonds is 4. The molecule has 0 aliphatic carbocycles. The molecule has 92 valence electrons. The second-order valence-corrected chi connectivity index (χ2v) is 4.04. The van der Waals surface area contributed by atoms with E-state index in [0.717, 1.165) is 16.9 Å². The molecule has 0 atom stereocenters. The van der Waals surface area contributed by atoms with Gasteiger partial charge in [-0.15, -0.1) is 0 Å². The topological polar surface area (TPSA) is 72.0 Å². The summed E-state index contributed by atoms with van der Waals surface area (Å²) in [5, 5.41) is 7.41. The molecule has 2 rings (SSSR count). The van der Waals surface area contributed by atoms with Crippen LogP contribution >= 0.6 is 0 Å². The molecule has 0 saturated carbocycles. The summed E-state index contributed by atoms with van der Waals surface area (Å²) in [5.41, 5.74) is 8.15. The Bertz CT molecular complexity index is 552. The summed E-state index contributed by atoms with van der Waals surface area (Å²) in [6.45, 7) is 2.42. The highest BCUT2D eigenvalue weighted by Gasteiger charge is 2.04. The molecule has 0 radical (unpaired) electrons. The molecule has 4 nitrogen and oxygen atoms in total. The third-order valence-electron chi connectivity index (χ3n) is 2.62. The van der Waals surface area contributed by atoms with E-state index >= 15 is 0 Å². The van der Waals surface area contributed by atoms with Gasteiger partial charge in [0.25, 0.3) is 0 Å². The number of pyridine rings is 1. The second kappa shape index (κ2) is 5.31. The van der Waals surface area contributed by atoms with Crippen LogP contribution in [0.25, 0.3) is 0 Å². The van der Waals surface area contributed by atoms with Gasteiger partial charge in [0.1, 0.15) is 18.2 Å². The summed E-state index contributed by atoms with van der Waals surface area (Å²) in [7, 11) is 0. The number of nitrogen functional groups attached to an aromatic ring is 1. The molecular formula is C14H15N3O. The fourth-order valence-corrected chi connectivity index (χ4v) is 1.57. The maximum atomic E-state index is 7.41. The molecule has 0 spiro atoms. The Morgan fingerprint density at radius 2 is 2.22 bits per heavy atom. The molecule has 0 bridgehead atoms. The van der Waals surface area contributed by atoms with Crippen molar-refractivity contribution in [2.24, 2.45) is 5.73 Å². The Labute approximate surface area is 106 Å². The van der Waals surface area contributed by atoms with Crippen molar-refractivity contribution in [3.05, 3.63) is 59.4 Å². The minimum absolute atomic E-state index is 0.0428. The van der Waals surface area contributed by atoms with Gasteiger partial charge in [-0.05, 0) is 24.6 Å². The monoisotopic (exact) mass is 241 g/mol. The van der Waals surface area contributed by atoms with Gasteiger partial charge >= 0.3 is 0 Å². The quantitative estimate of drug-likeness (QED) is 0.637. The van der Waals surface area contributed by atoms with Crippen LogP contribution in [-0.4, -0.2) is 10.8 Å². The van der Waals surface area contributed by atoms with E-state index in [1.54, 1.807) is 18.5 Å². The Balaban J connectivity index is 2.14. The van der Waals surface area contributed by atoms with Crippen molar-refractivity contribution in [3.63, 3.8) is 0 Å². The Morgan fingerprint density at radius 1 is 1.39 bits per heavy atom. The van der Waals surface area contributed by atoms with Gasteiger partial charge in [-0.1, -0.05) is 18.2 Å². The third-order valence-corrected chi connectivity index (χ3v) is 2.62. The van der Waals surface area contributed by atoms with Gasteiger partial charge in [0.05, 0.1) is 0 Å². The summed E-state index contributed by atoms with van der Waals surface area (Å²) < 4.78 is 5.72. The number of nitrogens with zero attached hydrogens (tertiary/aromatic N) is 1. The van der Waals surface area contributed by atoms with Crippen LogP contribution in [0.5, 0.6) is 5.75 Å². The predicted octanol–water partition coefficient (Wildman–Crippen LogP) is 2.25. The van der Waals surface area contributed by atoms with Crippen LogP contribution in [0.1, 0.15) is 16.7 Å². The molecule has 0 aliphatic heterocycles. The van der Waals surface area contributed by atoms with Crippen LogP contribution in [0.4, 0.5) is 0 Å². The number of benzene rings is 1. The highest BCUT2D eigenvalue weighted by atomic mass is 16.5. The first-order chi connectivity index (χ1) is 8.66. The molecule has 18 heavy (non-hydrogen) atoms. The number of amidine groups is 1. The fraction of sp³-hybridized carbons (Fsp3) is 0.143.